The highest BCUT2D eigenvalue weighted by molar-refractivity contribution is 7.99. The summed E-state index contributed by atoms with van der Waals surface area (Å²) in [5.74, 6) is 1.90. The van der Waals surface area contributed by atoms with Crippen molar-refractivity contribution in [2.45, 2.75) is 24.6 Å². The number of nitrogens with one attached hydrogen (secondary N) is 1. The molecule has 1 unspecified atom stereocenters. The van der Waals surface area contributed by atoms with Crippen LogP contribution in [0.25, 0.3) is 0 Å². The average Bonchev–Trinajstić information content (AvgIpc) is 2.76. The summed E-state index contributed by atoms with van der Waals surface area (Å²) in [6.45, 7) is 1.77. The van der Waals surface area contributed by atoms with Crippen LogP contribution in [0.3, 0.4) is 0 Å². The molecule has 0 amide bonds. The van der Waals surface area contributed by atoms with E-state index in [9.17, 15) is 9.90 Å². The van der Waals surface area contributed by atoms with Crippen LogP contribution in [-0.4, -0.2) is 35.0 Å². The Bertz CT molecular complexity index is 1000. The Morgan fingerprint density at radius 3 is 2.21 bits per heavy atom. The van der Waals surface area contributed by atoms with Gasteiger partial charge in [-0.25, -0.2) is 4.98 Å². The Balaban J connectivity index is 1.71. The Morgan fingerprint density at radius 2 is 1.62 bits per heavy atom. The van der Waals surface area contributed by atoms with Gasteiger partial charge in [-0.1, -0.05) is 36.0 Å². The monoisotopic (exact) mass is 412 g/mol. The standard InChI is InChI=1S/C22H24N2O4S/c1-14-19(12-15-4-8-17(27-2)9-5-15)23-22(24-21(14)26)29-13-20(25)16-6-10-18(28-3)11-7-16/h4-11,20,25H,12-13H2,1-3H3,(H,23,24,26). The molecule has 0 radical (unpaired) electrons. The first-order chi connectivity index (χ1) is 14.0. The molecule has 0 aliphatic carbocycles. The van der Waals surface area contributed by atoms with E-state index in [1.54, 1.807) is 21.1 Å². The Hall–Kier alpha value is -2.77. The van der Waals surface area contributed by atoms with Crippen molar-refractivity contribution in [3.63, 3.8) is 0 Å². The lowest BCUT2D eigenvalue weighted by molar-refractivity contribution is 0.204. The molecule has 1 atom stereocenters. The summed E-state index contributed by atoms with van der Waals surface area (Å²) >= 11 is 1.32. The topological polar surface area (TPSA) is 84.4 Å². The fourth-order valence-electron chi connectivity index (χ4n) is 2.81. The molecule has 3 rings (SSSR count). The van der Waals surface area contributed by atoms with Crippen molar-refractivity contribution in [2.24, 2.45) is 0 Å². The SMILES string of the molecule is COc1ccc(Cc2nc(SCC(O)c3ccc(OC)cc3)[nH]c(=O)c2C)cc1. The van der Waals surface area contributed by atoms with Crippen LogP contribution in [0.1, 0.15) is 28.5 Å². The van der Waals surface area contributed by atoms with Gasteiger partial charge in [0, 0.05) is 17.7 Å². The quantitative estimate of drug-likeness (QED) is 0.435. The number of aromatic nitrogens is 2. The number of hydrogen-bond acceptors (Lipinski definition) is 6. The summed E-state index contributed by atoms with van der Waals surface area (Å²) in [6.07, 6.45) is -0.128. The molecule has 0 spiro atoms. The minimum Gasteiger partial charge on any atom is -0.497 e. The third-order valence-electron chi connectivity index (χ3n) is 4.64. The van der Waals surface area contributed by atoms with E-state index in [4.69, 9.17) is 9.47 Å². The van der Waals surface area contributed by atoms with Crippen LogP contribution in [-0.2, 0) is 6.42 Å². The second-order valence-electron chi connectivity index (χ2n) is 6.57. The highest BCUT2D eigenvalue weighted by atomic mass is 32.2. The van der Waals surface area contributed by atoms with E-state index in [0.717, 1.165) is 28.3 Å². The summed E-state index contributed by atoms with van der Waals surface area (Å²) in [7, 11) is 3.23. The summed E-state index contributed by atoms with van der Waals surface area (Å²) in [6, 6.07) is 15.0. The van der Waals surface area contributed by atoms with E-state index in [1.165, 1.54) is 11.8 Å². The largest absolute Gasteiger partial charge is 0.497 e. The van der Waals surface area contributed by atoms with E-state index in [1.807, 2.05) is 48.5 Å². The van der Waals surface area contributed by atoms with E-state index in [2.05, 4.69) is 9.97 Å². The lowest BCUT2D eigenvalue weighted by Crippen LogP contribution is -2.16. The van der Waals surface area contributed by atoms with Crippen LogP contribution in [0.15, 0.2) is 58.5 Å². The molecule has 0 saturated carbocycles. The molecule has 152 valence electrons. The minimum atomic E-state index is -0.678. The van der Waals surface area contributed by atoms with E-state index in [0.29, 0.717) is 22.9 Å². The maximum atomic E-state index is 12.3. The zero-order valence-electron chi connectivity index (χ0n) is 16.6. The van der Waals surface area contributed by atoms with Crippen LogP contribution in [0.4, 0.5) is 0 Å². The number of H-pyrrole nitrogens is 1. The van der Waals surface area contributed by atoms with Gasteiger partial charge in [-0.3, -0.25) is 4.79 Å². The van der Waals surface area contributed by atoms with Crippen molar-refractivity contribution in [2.75, 3.05) is 20.0 Å². The first kappa shape index (κ1) is 21.0. The van der Waals surface area contributed by atoms with Crippen LogP contribution in [0.2, 0.25) is 0 Å². The number of hydrogen-bond donors (Lipinski definition) is 2. The molecule has 0 bridgehead atoms. The van der Waals surface area contributed by atoms with Crippen LogP contribution in [0.5, 0.6) is 11.5 Å². The number of thioether (sulfide) groups is 1. The predicted octanol–water partition coefficient (Wildman–Crippen LogP) is 3.51. The van der Waals surface area contributed by atoms with Crippen molar-refractivity contribution >= 4 is 11.8 Å². The summed E-state index contributed by atoms with van der Waals surface area (Å²) in [5, 5.41) is 10.9. The third kappa shape index (κ3) is 5.40. The van der Waals surface area contributed by atoms with Crippen molar-refractivity contribution in [1.29, 1.82) is 0 Å². The van der Waals surface area contributed by atoms with Gasteiger partial charge < -0.3 is 19.6 Å². The van der Waals surface area contributed by atoms with Gasteiger partial charge in [0.1, 0.15) is 11.5 Å². The minimum absolute atomic E-state index is 0.162. The van der Waals surface area contributed by atoms with Crippen molar-refractivity contribution < 1.29 is 14.6 Å². The lowest BCUT2D eigenvalue weighted by atomic mass is 10.1. The number of aromatic amines is 1. The van der Waals surface area contributed by atoms with Gasteiger partial charge in [0.15, 0.2) is 5.16 Å². The molecule has 0 aliphatic heterocycles. The summed E-state index contributed by atoms with van der Waals surface area (Å²) in [5.41, 5.74) is 2.98. The first-order valence-corrected chi connectivity index (χ1v) is 10.2. The summed E-state index contributed by atoms with van der Waals surface area (Å²) < 4.78 is 10.3. The Labute approximate surface area is 173 Å². The lowest BCUT2D eigenvalue weighted by Gasteiger charge is -2.12. The zero-order valence-corrected chi connectivity index (χ0v) is 17.5. The van der Waals surface area contributed by atoms with Crippen LogP contribution in [0, 0.1) is 6.92 Å². The van der Waals surface area contributed by atoms with Crippen molar-refractivity contribution in [3.8, 4) is 11.5 Å². The second kappa shape index (κ2) is 9.62. The van der Waals surface area contributed by atoms with Gasteiger partial charge >= 0.3 is 0 Å². The van der Waals surface area contributed by atoms with Crippen molar-refractivity contribution in [3.05, 3.63) is 81.3 Å². The third-order valence-corrected chi connectivity index (χ3v) is 5.59. The van der Waals surface area contributed by atoms with E-state index >= 15 is 0 Å². The van der Waals surface area contributed by atoms with Gasteiger partial charge in [0.25, 0.3) is 5.56 Å². The molecule has 0 aliphatic rings. The molecule has 29 heavy (non-hydrogen) atoms. The molecule has 0 fully saturated rings. The maximum Gasteiger partial charge on any atom is 0.254 e. The van der Waals surface area contributed by atoms with Crippen LogP contribution >= 0.6 is 11.8 Å². The predicted molar refractivity (Wildman–Crippen MR) is 114 cm³/mol. The van der Waals surface area contributed by atoms with E-state index < -0.39 is 6.10 Å². The molecule has 6 nitrogen and oxygen atoms in total. The van der Waals surface area contributed by atoms with Crippen LogP contribution < -0.4 is 15.0 Å². The molecule has 2 N–H and O–H groups in total. The molecule has 1 heterocycles. The first-order valence-electron chi connectivity index (χ1n) is 9.17. The normalized spacial score (nSPS) is 11.9. The average molecular weight is 413 g/mol. The molecule has 3 aromatic rings. The number of benzene rings is 2. The fourth-order valence-corrected chi connectivity index (χ4v) is 3.66. The Morgan fingerprint density at radius 1 is 1.03 bits per heavy atom. The van der Waals surface area contributed by atoms with Gasteiger partial charge in [-0.05, 0) is 42.3 Å². The number of rotatable bonds is 8. The Kier molecular flexibility index (Phi) is 6.95. The molecule has 2 aromatic carbocycles. The van der Waals surface area contributed by atoms with Gasteiger partial charge in [-0.15, -0.1) is 0 Å². The highest BCUT2D eigenvalue weighted by Crippen LogP contribution is 2.24. The molecule has 0 saturated heterocycles. The summed E-state index contributed by atoms with van der Waals surface area (Å²) in [4.78, 5) is 19.7. The fraction of sp³-hybridized carbons (Fsp3) is 0.273. The van der Waals surface area contributed by atoms with Gasteiger partial charge in [0.05, 0.1) is 26.0 Å². The van der Waals surface area contributed by atoms with Crippen molar-refractivity contribution in [1.82, 2.24) is 9.97 Å². The number of aliphatic hydroxyl groups excluding tert-OH is 1. The number of nitrogens with zero attached hydrogens (tertiary/aromatic N) is 1. The second-order valence-corrected chi connectivity index (χ2v) is 7.58. The number of ether oxygens (including phenoxy) is 2. The molecular formula is C22H24N2O4S. The van der Waals surface area contributed by atoms with Gasteiger partial charge in [0.2, 0.25) is 0 Å². The van der Waals surface area contributed by atoms with Gasteiger partial charge in [-0.2, -0.15) is 0 Å². The number of methoxy groups -OCH3 is 2. The molecule has 1 aromatic heterocycles. The highest BCUT2D eigenvalue weighted by Gasteiger charge is 2.13. The molecule has 7 heteroatoms. The maximum absolute atomic E-state index is 12.3. The smallest absolute Gasteiger partial charge is 0.254 e. The molecular weight excluding hydrogens is 388 g/mol. The van der Waals surface area contributed by atoms with E-state index in [-0.39, 0.29) is 5.56 Å². The zero-order chi connectivity index (χ0) is 20.8. The number of aliphatic hydroxyl groups is 1.